The summed E-state index contributed by atoms with van der Waals surface area (Å²) in [5, 5.41) is 19.3. The number of hydrogen-bond donors (Lipinski definition) is 0. The van der Waals surface area contributed by atoms with Crippen molar-refractivity contribution < 1.29 is 0 Å². The molecule has 5 nitrogen and oxygen atoms in total. The predicted molar refractivity (Wildman–Crippen MR) is 84.4 cm³/mol. The number of piperazine rings is 1. The van der Waals surface area contributed by atoms with Crippen LogP contribution in [0.15, 0.2) is 24.3 Å². The van der Waals surface area contributed by atoms with Crippen molar-refractivity contribution >= 4 is 16.5 Å². The van der Waals surface area contributed by atoms with Gasteiger partial charge in [0.15, 0.2) is 0 Å². The van der Waals surface area contributed by atoms with Gasteiger partial charge in [-0.3, -0.25) is 0 Å². The van der Waals surface area contributed by atoms with Crippen molar-refractivity contribution in [1.82, 2.24) is 15.1 Å². The normalized spacial score (nSPS) is 15.9. The standard InChI is InChI=1S/C15H17N5S/c1-2-19-7-9-20(10-8-19)15-18-17-14(21-15)13-5-3-12(11-16)4-6-13/h3-6H,2,7-10H2,1H3. The molecule has 1 saturated heterocycles. The van der Waals surface area contributed by atoms with E-state index in [1.54, 1.807) is 11.3 Å². The van der Waals surface area contributed by atoms with Gasteiger partial charge in [0.1, 0.15) is 5.01 Å². The van der Waals surface area contributed by atoms with E-state index in [2.05, 4.69) is 33.0 Å². The molecule has 2 heterocycles. The molecule has 0 amide bonds. The van der Waals surface area contributed by atoms with E-state index >= 15 is 0 Å². The van der Waals surface area contributed by atoms with Gasteiger partial charge in [0, 0.05) is 31.7 Å². The van der Waals surface area contributed by atoms with Crippen LogP contribution < -0.4 is 4.90 Å². The van der Waals surface area contributed by atoms with Crippen molar-refractivity contribution in [3.05, 3.63) is 29.8 Å². The average molecular weight is 299 g/mol. The van der Waals surface area contributed by atoms with Gasteiger partial charge in [0.25, 0.3) is 0 Å². The van der Waals surface area contributed by atoms with E-state index in [0.29, 0.717) is 5.56 Å². The van der Waals surface area contributed by atoms with Gasteiger partial charge in [-0.25, -0.2) is 0 Å². The minimum absolute atomic E-state index is 0.666. The molecule has 3 rings (SSSR count). The molecule has 0 saturated carbocycles. The molecule has 108 valence electrons. The summed E-state index contributed by atoms with van der Waals surface area (Å²) < 4.78 is 0. The molecular formula is C15H17N5S. The molecule has 1 fully saturated rings. The minimum atomic E-state index is 0.666. The van der Waals surface area contributed by atoms with Gasteiger partial charge in [-0.2, -0.15) is 5.26 Å². The molecule has 6 heteroatoms. The summed E-state index contributed by atoms with van der Waals surface area (Å²) in [4.78, 5) is 4.75. The fourth-order valence-electron chi connectivity index (χ4n) is 2.40. The molecule has 0 bridgehead atoms. The van der Waals surface area contributed by atoms with Gasteiger partial charge in [-0.15, -0.1) is 10.2 Å². The largest absolute Gasteiger partial charge is 0.344 e. The van der Waals surface area contributed by atoms with Crippen molar-refractivity contribution in [3.63, 3.8) is 0 Å². The summed E-state index contributed by atoms with van der Waals surface area (Å²) in [5.74, 6) is 0. The number of aromatic nitrogens is 2. The van der Waals surface area contributed by atoms with Gasteiger partial charge in [-0.1, -0.05) is 30.4 Å². The van der Waals surface area contributed by atoms with Crippen molar-refractivity contribution in [2.24, 2.45) is 0 Å². The Hall–Kier alpha value is -1.97. The average Bonchev–Trinajstić information content (AvgIpc) is 3.05. The van der Waals surface area contributed by atoms with Gasteiger partial charge < -0.3 is 9.80 Å². The van der Waals surface area contributed by atoms with E-state index in [1.807, 2.05) is 24.3 Å². The second kappa shape index (κ2) is 6.20. The summed E-state index contributed by atoms with van der Waals surface area (Å²) in [6, 6.07) is 9.62. The second-order valence-corrected chi connectivity index (χ2v) is 5.96. The molecule has 0 atom stereocenters. The molecule has 1 aromatic heterocycles. The van der Waals surface area contributed by atoms with Gasteiger partial charge in [0.2, 0.25) is 5.13 Å². The molecule has 1 aliphatic heterocycles. The number of hydrogen-bond acceptors (Lipinski definition) is 6. The summed E-state index contributed by atoms with van der Waals surface area (Å²) in [5.41, 5.74) is 1.68. The first kappa shape index (κ1) is 14.0. The monoisotopic (exact) mass is 299 g/mol. The zero-order valence-electron chi connectivity index (χ0n) is 12.0. The van der Waals surface area contributed by atoms with Crippen molar-refractivity contribution in [3.8, 4) is 16.6 Å². The number of rotatable bonds is 3. The lowest BCUT2D eigenvalue weighted by molar-refractivity contribution is 0.271. The van der Waals surface area contributed by atoms with Crippen LogP contribution in [-0.2, 0) is 0 Å². The maximum absolute atomic E-state index is 8.83. The summed E-state index contributed by atoms with van der Waals surface area (Å²) >= 11 is 1.62. The van der Waals surface area contributed by atoms with E-state index in [1.165, 1.54) is 0 Å². The lowest BCUT2D eigenvalue weighted by Crippen LogP contribution is -2.46. The fourth-order valence-corrected chi connectivity index (χ4v) is 3.30. The van der Waals surface area contributed by atoms with Gasteiger partial charge in [0.05, 0.1) is 11.6 Å². The van der Waals surface area contributed by atoms with Crippen LogP contribution in [0.5, 0.6) is 0 Å². The highest BCUT2D eigenvalue weighted by atomic mass is 32.1. The number of nitriles is 1. The highest BCUT2D eigenvalue weighted by Crippen LogP contribution is 2.29. The number of benzene rings is 1. The van der Waals surface area contributed by atoms with Crippen LogP contribution in [0.25, 0.3) is 10.6 Å². The highest BCUT2D eigenvalue weighted by Gasteiger charge is 2.19. The molecule has 0 unspecified atom stereocenters. The maximum Gasteiger partial charge on any atom is 0.208 e. The fraction of sp³-hybridized carbons (Fsp3) is 0.400. The van der Waals surface area contributed by atoms with Crippen molar-refractivity contribution in [2.45, 2.75) is 6.92 Å². The molecule has 0 radical (unpaired) electrons. The Bertz CT molecular complexity index is 635. The maximum atomic E-state index is 8.83. The summed E-state index contributed by atoms with van der Waals surface area (Å²) in [7, 11) is 0. The number of likely N-dealkylation sites (N-methyl/N-ethyl adjacent to an activating group) is 1. The Morgan fingerprint density at radius 1 is 1.14 bits per heavy atom. The quantitative estimate of drug-likeness (QED) is 0.870. The second-order valence-electron chi connectivity index (χ2n) is 5.00. The van der Waals surface area contributed by atoms with Crippen LogP contribution in [0.2, 0.25) is 0 Å². The van der Waals surface area contributed by atoms with Crippen LogP contribution in [0.4, 0.5) is 5.13 Å². The molecule has 2 aromatic rings. The van der Waals surface area contributed by atoms with Crippen LogP contribution in [0.3, 0.4) is 0 Å². The van der Waals surface area contributed by atoms with Crippen LogP contribution in [-0.4, -0.2) is 47.8 Å². The van der Waals surface area contributed by atoms with Crippen molar-refractivity contribution in [1.29, 1.82) is 5.26 Å². The third-order valence-electron chi connectivity index (χ3n) is 3.77. The molecular weight excluding hydrogens is 282 g/mol. The molecule has 0 aliphatic carbocycles. The van der Waals surface area contributed by atoms with E-state index in [9.17, 15) is 0 Å². The number of anilines is 1. The molecule has 0 spiro atoms. The Labute approximate surface area is 128 Å². The topological polar surface area (TPSA) is 56.1 Å². The lowest BCUT2D eigenvalue weighted by atomic mass is 10.2. The molecule has 1 aliphatic rings. The van der Waals surface area contributed by atoms with Crippen LogP contribution in [0, 0.1) is 11.3 Å². The summed E-state index contributed by atoms with van der Waals surface area (Å²) in [6.45, 7) is 7.50. The Morgan fingerprint density at radius 3 is 2.48 bits per heavy atom. The third-order valence-corrected chi connectivity index (χ3v) is 4.80. The van der Waals surface area contributed by atoms with E-state index in [-0.39, 0.29) is 0 Å². The van der Waals surface area contributed by atoms with E-state index in [0.717, 1.165) is 48.4 Å². The Morgan fingerprint density at radius 2 is 1.86 bits per heavy atom. The lowest BCUT2D eigenvalue weighted by Gasteiger charge is -2.33. The smallest absolute Gasteiger partial charge is 0.208 e. The van der Waals surface area contributed by atoms with Gasteiger partial charge >= 0.3 is 0 Å². The number of nitrogens with zero attached hydrogens (tertiary/aromatic N) is 5. The zero-order valence-corrected chi connectivity index (χ0v) is 12.8. The highest BCUT2D eigenvalue weighted by molar-refractivity contribution is 7.18. The van der Waals surface area contributed by atoms with E-state index in [4.69, 9.17) is 5.26 Å². The van der Waals surface area contributed by atoms with E-state index < -0.39 is 0 Å². The molecule has 0 N–H and O–H groups in total. The zero-order chi connectivity index (χ0) is 14.7. The Kier molecular flexibility index (Phi) is 4.13. The van der Waals surface area contributed by atoms with Gasteiger partial charge in [-0.05, 0) is 18.7 Å². The van der Waals surface area contributed by atoms with Crippen LogP contribution >= 0.6 is 11.3 Å². The SMILES string of the molecule is CCN1CCN(c2nnc(-c3ccc(C#N)cc3)s2)CC1. The first-order valence-electron chi connectivity index (χ1n) is 7.11. The first-order chi connectivity index (χ1) is 10.3. The molecule has 1 aromatic carbocycles. The van der Waals surface area contributed by atoms with Crippen LogP contribution in [0.1, 0.15) is 12.5 Å². The predicted octanol–water partition coefficient (Wildman–Crippen LogP) is 2.22. The molecule has 21 heavy (non-hydrogen) atoms. The summed E-state index contributed by atoms with van der Waals surface area (Å²) in [6.07, 6.45) is 0. The van der Waals surface area contributed by atoms with Crippen molar-refractivity contribution in [2.75, 3.05) is 37.6 Å². The Balaban J connectivity index is 1.73. The minimum Gasteiger partial charge on any atom is -0.344 e. The third kappa shape index (κ3) is 3.04. The first-order valence-corrected chi connectivity index (χ1v) is 7.93.